The molecule has 3 rings (SSSR count). The summed E-state index contributed by atoms with van der Waals surface area (Å²) >= 11 is 0. The van der Waals surface area contributed by atoms with Crippen molar-refractivity contribution >= 4 is 29.7 Å². The predicted octanol–water partition coefficient (Wildman–Crippen LogP) is 3.32. The normalized spacial score (nSPS) is 10.4. The van der Waals surface area contributed by atoms with Gasteiger partial charge < -0.3 is 19.5 Å². The Labute approximate surface area is 196 Å². The highest BCUT2D eigenvalue weighted by atomic mass is 16.5. The Bertz CT molecular complexity index is 1240. The number of esters is 1. The number of hydrogen-bond donors (Lipinski definition) is 2. The third-order valence-corrected chi connectivity index (χ3v) is 4.61. The van der Waals surface area contributed by atoms with E-state index in [0.717, 1.165) is 5.56 Å². The molecule has 0 aliphatic heterocycles. The van der Waals surface area contributed by atoms with Gasteiger partial charge in [0.2, 0.25) is 0 Å². The standard InChI is InChI=1S/C25H23N3O6/c1-16-7-6-9-17(13-16)25(31)34-21-10-5-4-8-18(21)15-26-28-24(30)23(29)27-20-12-11-19(32-2)14-22(20)33-3/h4-15H,1-3H3,(H,27,29)(H,28,30). The lowest BCUT2D eigenvalue weighted by atomic mass is 10.1. The number of rotatable bonds is 7. The Balaban J connectivity index is 1.63. The van der Waals surface area contributed by atoms with Crippen molar-refractivity contribution in [3.05, 3.63) is 83.4 Å². The minimum Gasteiger partial charge on any atom is -0.497 e. The van der Waals surface area contributed by atoms with Crippen LogP contribution in [0, 0.1) is 6.92 Å². The Morgan fingerprint density at radius 3 is 2.38 bits per heavy atom. The average molecular weight is 461 g/mol. The zero-order valence-electron chi connectivity index (χ0n) is 18.8. The van der Waals surface area contributed by atoms with Gasteiger partial charge in [-0.05, 0) is 43.3 Å². The number of anilines is 1. The first-order valence-corrected chi connectivity index (χ1v) is 10.2. The molecule has 0 aliphatic rings. The molecule has 34 heavy (non-hydrogen) atoms. The number of hydrazone groups is 1. The third kappa shape index (κ3) is 6.19. The Hall–Kier alpha value is -4.66. The summed E-state index contributed by atoms with van der Waals surface area (Å²) < 4.78 is 15.8. The minimum absolute atomic E-state index is 0.249. The Morgan fingerprint density at radius 2 is 1.65 bits per heavy atom. The number of ether oxygens (including phenoxy) is 3. The van der Waals surface area contributed by atoms with E-state index in [1.54, 1.807) is 60.7 Å². The summed E-state index contributed by atoms with van der Waals surface area (Å²) in [5.74, 6) is -1.36. The molecule has 3 aromatic rings. The van der Waals surface area contributed by atoms with E-state index in [9.17, 15) is 14.4 Å². The van der Waals surface area contributed by atoms with Crippen LogP contribution in [0.4, 0.5) is 5.69 Å². The van der Waals surface area contributed by atoms with Crippen LogP contribution in [0.3, 0.4) is 0 Å². The smallest absolute Gasteiger partial charge is 0.343 e. The Kier molecular flexibility index (Phi) is 7.96. The van der Waals surface area contributed by atoms with Crippen LogP contribution in [0.2, 0.25) is 0 Å². The molecule has 2 N–H and O–H groups in total. The highest BCUT2D eigenvalue weighted by Gasteiger charge is 2.16. The summed E-state index contributed by atoms with van der Waals surface area (Å²) in [6, 6.07) is 18.4. The van der Waals surface area contributed by atoms with Crippen molar-refractivity contribution < 1.29 is 28.6 Å². The van der Waals surface area contributed by atoms with Gasteiger partial charge in [0.25, 0.3) is 0 Å². The molecule has 2 amide bonds. The van der Waals surface area contributed by atoms with E-state index >= 15 is 0 Å². The maximum Gasteiger partial charge on any atom is 0.343 e. The monoisotopic (exact) mass is 461 g/mol. The van der Waals surface area contributed by atoms with Crippen LogP contribution in [0.5, 0.6) is 17.2 Å². The molecule has 9 heteroatoms. The van der Waals surface area contributed by atoms with Crippen molar-refractivity contribution in [3.63, 3.8) is 0 Å². The Morgan fingerprint density at radius 1 is 0.853 bits per heavy atom. The third-order valence-electron chi connectivity index (χ3n) is 4.61. The molecule has 0 aromatic heterocycles. The van der Waals surface area contributed by atoms with E-state index in [2.05, 4.69) is 15.8 Å². The minimum atomic E-state index is -0.997. The quantitative estimate of drug-likeness (QED) is 0.183. The van der Waals surface area contributed by atoms with Crippen LogP contribution in [0.25, 0.3) is 0 Å². The highest BCUT2D eigenvalue weighted by molar-refractivity contribution is 6.39. The number of amides is 2. The van der Waals surface area contributed by atoms with E-state index in [1.165, 1.54) is 20.4 Å². The molecule has 174 valence electrons. The molecule has 0 spiro atoms. The zero-order valence-corrected chi connectivity index (χ0v) is 18.8. The molecule has 0 fully saturated rings. The summed E-state index contributed by atoms with van der Waals surface area (Å²) in [5.41, 5.74) is 4.20. The van der Waals surface area contributed by atoms with Gasteiger partial charge in [0, 0.05) is 11.6 Å². The SMILES string of the molecule is COc1ccc(NC(=O)C(=O)NN=Cc2ccccc2OC(=O)c2cccc(C)c2)c(OC)c1. The largest absolute Gasteiger partial charge is 0.497 e. The number of carbonyl (C=O) groups excluding carboxylic acids is 3. The fourth-order valence-corrected chi connectivity index (χ4v) is 2.90. The summed E-state index contributed by atoms with van der Waals surface area (Å²) in [7, 11) is 2.93. The molecule has 9 nitrogen and oxygen atoms in total. The van der Waals surface area contributed by atoms with E-state index in [4.69, 9.17) is 14.2 Å². The van der Waals surface area contributed by atoms with Crippen molar-refractivity contribution in [1.82, 2.24) is 5.43 Å². The van der Waals surface area contributed by atoms with Crippen LogP contribution in [-0.4, -0.2) is 38.2 Å². The van der Waals surface area contributed by atoms with E-state index < -0.39 is 17.8 Å². The molecular formula is C25H23N3O6. The molecule has 0 heterocycles. The maximum atomic E-state index is 12.4. The van der Waals surface area contributed by atoms with Crippen molar-refractivity contribution in [2.24, 2.45) is 5.10 Å². The summed E-state index contributed by atoms with van der Waals surface area (Å²) in [4.78, 5) is 36.8. The first-order valence-electron chi connectivity index (χ1n) is 10.2. The van der Waals surface area contributed by atoms with Gasteiger partial charge in [-0.1, -0.05) is 29.8 Å². The molecular weight excluding hydrogens is 438 g/mol. The first kappa shape index (κ1) is 24.0. The number of aryl methyl sites for hydroxylation is 1. The maximum absolute atomic E-state index is 12.4. The van der Waals surface area contributed by atoms with Gasteiger partial charge >= 0.3 is 17.8 Å². The summed E-state index contributed by atoms with van der Waals surface area (Å²) in [6.45, 7) is 1.88. The topological polar surface area (TPSA) is 115 Å². The van der Waals surface area contributed by atoms with Crippen molar-refractivity contribution in [2.75, 3.05) is 19.5 Å². The van der Waals surface area contributed by atoms with Crippen LogP contribution < -0.4 is 25.0 Å². The van der Waals surface area contributed by atoms with Crippen molar-refractivity contribution in [3.8, 4) is 17.2 Å². The van der Waals surface area contributed by atoms with Gasteiger partial charge in [0.15, 0.2) is 0 Å². The van der Waals surface area contributed by atoms with E-state index in [0.29, 0.717) is 28.3 Å². The molecule has 0 bridgehead atoms. The first-order chi connectivity index (χ1) is 16.4. The molecule has 0 atom stereocenters. The molecule has 0 saturated heterocycles. The van der Waals surface area contributed by atoms with Crippen molar-refractivity contribution in [1.29, 1.82) is 0 Å². The number of hydrogen-bond acceptors (Lipinski definition) is 7. The van der Waals surface area contributed by atoms with Crippen LogP contribution in [0.1, 0.15) is 21.5 Å². The molecule has 0 radical (unpaired) electrons. The van der Waals surface area contributed by atoms with Gasteiger partial charge in [-0.15, -0.1) is 0 Å². The molecule has 0 unspecified atom stereocenters. The fourth-order valence-electron chi connectivity index (χ4n) is 2.90. The molecule has 0 saturated carbocycles. The van der Waals surface area contributed by atoms with Gasteiger partial charge in [0.05, 0.1) is 31.7 Å². The lowest BCUT2D eigenvalue weighted by Crippen LogP contribution is -2.32. The molecule has 0 aliphatic carbocycles. The van der Waals surface area contributed by atoms with Gasteiger partial charge in [0.1, 0.15) is 17.2 Å². The number of para-hydroxylation sites is 1. The number of nitrogens with zero attached hydrogens (tertiary/aromatic N) is 1. The summed E-state index contributed by atoms with van der Waals surface area (Å²) in [5, 5.41) is 6.25. The van der Waals surface area contributed by atoms with Crippen LogP contribution in [0.15, 0.2) is 71.8 Å². The predicted molar refractivity (Wildman–Crippen MR) is 126 cm³/mol. The fraction of sp³-hybridized carbons (Fsp3) is 0.120. The van der Waals surface area contributed by atoms with Crippen LogP contribution in [-0.2, 0) is 9.59 Å². The second-order valence-corrected chi connectivity index (χ2v) is 7.02. The molecule has 3 aromatic carbocycles. The second-order valence-electron chi connectivity index (χ2n) is 7.02. The number of carbonyl (C=O) groups is 3. The van der Waals surface area contributed by atoms with E-state index in [1.807, 2.05) is 13.0 Å². The van der Waals surface area contributed by atoms with Gasteiger partial charge in [-0.2, -0.15) is 5.10 Å². The lowest BCUT2D eigenvalue weighted by Gasteiger charge is -2.11. The van der Waals surface area contributed by atoms with Crippen LogP contribution >= 0.6 is 0 Å². The van der Waals surface area contributed by atoms with Crippen molar-refractivity contribution in [2.45, 2.75) is 6.92 Å². The average Bonchev–Trinajstić information content (AvgIpc) is 2.85. The number of benzene rings is 3. The van der Waals surface area contributed by atoms with E-state index in [-0.39, 0.29) is 5.75 Å². The number of nitrogens with one attached hydrogen (secondary N) is 2. The second kappa shape index (κ2) is 11.3. The van der Waals surface area contributed by atoms with Gasteiger partial charge in [-0.25, -0.2) is 10.2 Å². The summed E-state index contributed by atoms with van der Waals surface area (Å²) in [6.07, 6.45) is 1.28. The zero-order chi connectivity index (χ0) is 24.5. The number of methoxy groups -OCH3 is 2. The van der Waals surface area contributed by atoms with Gasteiger partial charge in [-0.3, -0.25) is 9.59 Å². The highest BCUT2D eigenvalue weighted by Crippen LogP contribution is 2.28. The lowest BCUT2D eigenvalue weighted by molar-refractivity contribution is -0.136.